The van der Waals surface area contributed by atoms with Crippen LogP contribution in [0.4, 0.5) is 5.69 Å². The molecule has 1 heterocycles. The number of hydrogen-bond donors (Lipinski definition) is 1. The molecule has 5 heteroatoms. The Hall–Kier alpha value is -2.40. The topological polar surface area (TPSA) is 62.9 Å². The van der Waals surface area contributed by atoms with Crippen LogP contribution >= 0.6 is 0 Å². The van der Waals surface area contributed by atoms with Crippen molar-refractivity contribution in [1.29, 1.82) is 0 Å². The summed E-state index contributed by atoms with van der Waals surface area (Å²) >= 11 is 0. The number of nitrogens with two attached hydrogens (primary N) is 1. The van der Waals surface area contributed by atoms with Crippen LogP contribution in [0.15, 0.2) is 36.4 Å². The predicted octanol–water partition coefficient (Wildman–Crippen LogP) is 2.72. The second-order valence-electron chi connectivity index (χ2n) is 4.75. The molecule has 0 unspecified atom stereocenters. The molecule has 3 rings (SSSR count). The summed E-state index contributed by atoms with van der Waals surface area (Å²) in [5.41, 5.74) is 8.40. The van der Waals surface area contributed by atoms with Gasteiger partial charge in [-0.05, 0) is 23.8 Å². The molecule has 1 aliphatic heterocycles. The van der Waals surface area contributed by atoms with Crippen molar-refractivity contribution in [2.45, 2.75) is 13.2 Å². The fourth-order valence-electron chi connectivity index (χ4n) is 2.19. The van der Waals surface area contributed by atoms with Crippen LogP contribution in [0, 0.1) is 0 Å². The molecular formula is C16H17NO4. The van der Waals surface area contributed by atoms with Crippen molar-refractivity contribution in [2.75, 3.05) is 19.6 Å². The van der Waals surface area contributed by atoms with E-state index >= 15 is 0 Å². The van der Waals surface area contributed by atoms with E-state index in [2.05, 4.69) is 0 Å². The molecule has 0 fully saturated rings. The molecule has 0 aliphatic carbocycles. The van der Waals surface area contributed by atoms with Gasteiger partial charge < -0.3 is 24.7 Å². The lowest BCUT2D eigenvalue weighted by Gasteiger charge is -2.10. The van der Waals surface area contributed by atoms with Gasteiger partial charge in [-0.2, -0.15) is 0 Å². The first-order chi connectivity index (χ1) is 10.3. The van der Waals surface area contributed by atoms with E-state index in [1.165, 1.54) is 0 Å². The van der Waals surface area contributed by atoms with E-state index in [0.717, 1.165) is 28.4 Å². The number of benzene rings is 2. The first kappa shape index (κ1) is 13.6. The summed E-state index contributed by atoms with van der Waals surface area (Å²) in [5.74, 6) is 2.28. The SMILES string of the molecule is COc1cc(N)ccc1COCc1ccc2c(c1)OCO2. The highest BCUT2D eigenvalue weighted by Crippen LogP contribution is 2.32. The molecule has 5 nitrogen and oxygen atoms in total. The maximum atomic E-state index is 5.73. The summed E-state index contributed by atoms with van der Waals surface area (Å²) in [7, 11) is 1.62. The number of ether oxygens (including phenoxy) is 4. The van der Waals surface area contributed by atoms with E-state index in [0.29, 0.717) is 18.9 Å². The zero-order chi connectivity index (χ0) is 14.7. The van der Waals surface area contributed by atoms with Crippen LogP contribution in [0.2, 0.25) is 0 Å². The Balaban J connectivity index is 1.61. The molecule has 0 saturated carbocycles. The third-order valence-electron chi connectivity index (χ3n) is 3.27. The van der Waals surface area contributed by atoms with E-state index in [4.69, 9.17) is 24.7 Å². The van der Waals surface area contributed by atoms with E-state index in [-0.39, 0.29) is 6.79 Å². The fraction of sp³-hybridized carbons (Fsp3) is 0.250. The maximum Gasteiger partial charge on any atom is 0.231 e. The van der Waals surface area contributed by atoms with E-state index in [1.54, 1.807) is 13.2 Å². The van der Waals surface area contributed by atoms with E-state index < -0.39 is 0 Å². The lowest BCUT2D eigenvalue weighted by atomic mass is 10.2. The molecule has 0 atom stereocenters. The van der Waals surface area contributed by atoms with Crippen LogP contribution in [0.5, 0.6) is 17.2 Å². The largest absolute Gasteiger partial charge is 0.496 e. The smallest absolute Gasteiger partial charge is 0.231 e. The highest BCUT2D eigenvalue weighted by atomic mass is 16.7. The molecule has 1 aliphatic rings. The molecule has 0 bridgehead atoms. The quantitative estimate of drug-likeness (QED) is 0.857. The van der Waals surface area contributed by atoms with Gasteiger partial charge in [-0.3, -0.25) is 0 Å². The second kappa shape index (κ2) is 5.93. The summed E-state index contributed by atoms with van der Waals surface area (Å²) in [6.45, 7) is 1.23. The molecule has 21 heavy (non-hydrogen) atoms. The lowest BCUT2D eigenvalue weighted by molar-refractivity contribution is 0.105. The summed E-state index contributed by atoms with van der Waals surface area (Å²) < 4.78 is 21.6. The number of methoxy groups -OCH3 is 1. The van der Waals surface area contributed by atoms with Crippen molar-refractivity contribution in [3.63, 3.8) is 0 Å². The van der Waals surface area contributed by atoms with Crippen molar-refractivity contribution in [3.05, 3.63) is 47.5 Å². The highest BCUT2D eigenvalue weighted by molar-refractivity contribution is 5.48. The average molecular weight is 287 g/mol. The summed E-state index contributed by atoms with van der Waals surface area (Å²) in [6, 6.07) is 11.3. The first-order valence-electron chi connectivity index (χ1n) is 6.65. The molecule has 0 saturated heterocycles. The normalized spacial score (nSPS) is 12.4. The molecule has 0 radical (unpaired) electrons. The number of nitrogen functional groups attached to an aromatic ring is 1. The van der Waals surface area contributed by atoms with Gasteiger partial charge in [0.15, 0.2) is 11.5 Å². The number of rotatable bonds is 5. The summed E-state index contributed by atoms with van der Waals surface area (Å²) in [5, 5.41) is 0. The molecule has 0 aromatic heterocycles. The summed E-state index contributed by atoms with van der Waals surface area (Å²) in [4.78, 5) is 0. The van der Waals surface area contributed by atoms with Gasteiger partial charge in [0.25, 0.3) is 0 Å². The third-order valence-corrected chi connectivity index (χ3v) is 3.27. The van der Waals surface area contributed by atoms with Crippen molar-refractivity contribution in [2.24, 2.45) is 0 Å². The van der Waals surface area contributed by atoms with E-state index in [1.807, 2.05) is 30.3 Å². The van der Waals surface area contributed by atoms with Gasteiger partial charge >= 0.3 is 0 Å². The van der Waals surface area contributed by atoms with Crippen molar-refractivity contribution >= 4 is 5.69 Å². The van der Waals surface area contributed by atoms with Crippen LogP contribution in [0.1, 0.15) is 11.1 Å². The average Bonchev–Trinajstić information content (AvgIpc) is 2.96. The van der Waals surface area contributed by atoms with Crippen LogP contribution in [0.25, 0.3) is 0 Å². The number of hydrogen-bond acceptors (Lipinski definition) is 5. The molecule has 2 aromatic carbocycles. The standard InChI is InChI=1S/C16H17NO4/c1-18-15-7-13(17)4-3-12(15)9-19-8-11-2-5-14-16(6-11)21-10-20-14/h2-7H,8-10,17H2,1H3. The third kappa shape index (κ3) is 3.03. The summed E-state index contributed by atoms with van der Waals surface area (Å²) in [6.07, 6.45) is 0. The van der Waals surface area contributed by atoms with Crippen LogP contribution in [0.3, 0.4) is 0 Å². The van der Waals surface area contributed by atoms with E-state index in [9.17, 15) is 0 Å². The Morgan fingerprint density at radius 2 is 1.90 bits per heavy atom. The van der Waals surface area contributed by atoms with Crippen molar-refractivity contribution in [1.82, 2.24) is 0 Å². The van der Waals surface area contributed by atoms with Crippen molar-refractivity contribution < 1.29 is 18.9 Å². The van der Waals surface area contributed by atoms with Crippen LogP contribution < -0.4 is 19.9 Å². The van der Waals surface area contributed by atoms with Crippen LogP contribution in [-0.4, -0.2) is 13.9 Å². The zero-order valence-electron chi connectivity index (χ0n) is 11.8. The Labute approximate surface area is 123 Å². The Morgan fingerprint density at radius 3 is 2.76 bits per heavy atom. The van der Waals surface area contributed by atoms with Gasteiger partial charge in [0.05, 0.1) is 20.3 Å². The molecule has 110 valence electrons. The highest BCUT2D eigenvalue weighted by Gasteiger charge is 2.13. The van der Waals surface area contributed by atoms with Gasteiger partial charge in [0.1, 0.15) is 5.75 Å². The van der Waals surface area contributed by atoms with Gasteiger partial charge in [0, 0.05) is 17.3 Å². The Morgan fingerprint density at radius 1 is 1.05 bits per heavy atom. The fourth-order valence-corrected chi connectivity index (χ4v) is 2.19. The lowest BCUT2D eigenvalue weighted by Crippen LogP contribution is -1.98. The Kier molecular flexibility index (Phi) is 3.83. The Bertz CT molecular complexity index is 642. The monoisotopic (exact) mass is 287 g/mol. The minimum Gasteiger partial charge on any atom is -0.496 e. The minimum absolute atomic E-state index is 0.280. The molecule has 0 amide bonds. The van der Waals surface area contributed by atoms with Gasteiger partial charge in [-0.15, -0.1) is 0 Å². The number of anilines is 1. The van der Waals surface area contributed by atoms with Gasteiger partial charge in [-0.25, -0.2) is 0 Å². The van der Waals surface area contributed by atoms with Crippen molar-refractivity contribution in [3.8, 4) is 17.2 Å². The molecular weight excluding hydrogens is 270 g/mol. The predicted molar refractivity (Wildman–Crippen MR) is 78.5 cm³/mol. The second-order valence-corrected chi connectivity index (χ2v) is 4.75. The zero-order valence-corrected chi connectivity index (χ0v) is 11.8. The van der Waals surface area contributed by atoms with Crippen LogP contribution in [-0.2, 0) is 18.0 Å². The molecule has 2 N–H and O–H groups in total. The molecule has 0 spiro atoms. The molecule has 2 aromatic rings. The minimum atomic E-state index is 0.280. The first-order valence-corrected chi connectivity index (χ1v) is 6.65. The van der Waals surface area contributed by atoms with Gasteiger partial charge in [0.2, 0.25) is 6.79 Å². The number of fused-ring (bicyclic) bond motifs is 1. The van der Waals surface area contributed by atoms with Gasteiger partial charge in [-0.1, -0.05) is 12.1 Å². The maximum absolute atomic E-state index is 5.73.